The van der Waals surface area contributed by atoms with E-state index in [1.54, 1.807) is 47.5 Å². The first-order valence-electron chi connectivity index (χ1n) is 31.5. The zero-order chi connectivity index (χ0) is 62.7. The maximum absolute atomic E-state index is 14.2. The Morgan fingerprint density at radius 1 is 0.856 bits per heavy atom. The zero-order valence-corrected chi connectivity index (χ0v) is 52.6. The molecule has 1 saturated carbocycles. The summed E-state index contributed by atoms with van der Waals surface area (Å²) in [5.74, 6) is -0.540. The van der Waals surface area contributed by atoms with Crippen LogP contribution in [-0.4, -0.2) is 157 Å². The van der Waals surface area contributed by atoms with Crippen molar-refractivity contribution in [2.45, 2.75) is 108 Å². The molecule has 0 spiro atoms. The minimum atomic E-state index is -4.62. The molecule has 1 atom stereocenters. The molecule has 474 valence electrons. The highest BCUT2D eigenvalue weighted by atomic mass is 35.5. The fourth-order valence-corrected chi connectivity index (χ4v) is 14.9. The number of sulfonamides is 1. The number of imide groups is 1. The summed E-state index contributed by atoms with van der Waals surface area (Å²) in [6, 6.07) is 25.8. The average molecular weight is 1260 g/mol. The molecule has 12 rings (SSSR count). The number of halogens is 1. The number of rotatable bonds is 21. The summed E-state index contributed by atoms with van der Waals surface area (Å²) in [4.78, 5) is 82.0. The number of hydrogen-bond donors (Lipinski definition) is 4. The number of carbonyl (C=O) groups excluding carboxylic acids is 4. The monoisotopic (exact) mass is 1260 g/mol. The quantitative estimate of drug-likeness (QED) is 0.0227. The number of nitro groups is 1. The van der Waals surface area contributed by atoms with Gasteiger partial charge in [0.15, 0.2) is 0 Å². The number of nitrogens with one attached hydrogen (secondary N) is 4. The molecule has 90 heavy (non-hydrogen) atoms. The molecule has 6 aromatic rings. The number of anilines is 2. The molecule has 4 fully saturated rings. The van der Waals surface area contributed by atoms with Gasteiger partial charge in [0, 0.05) is 123 Å². The molecule has 2 aromatic heterocycles. The number of aromatic nitrogens is 2. The van der Waals surface area contributed by atoms with Crippen LogP contribution in [0.15, 0.2) is 114 Å². The second-order valence-electron chi connectivity index (χ2n) is 25.6. The van der Waals surface area contributed by atoms with Crippen molar-refractivity contribution < 1.29 is 42.0 Å². The van der Waals surface area contributed by atoms with Crippen LogP contribution in [-0.2, 0) is 26.2 Å². The molecule has 4 amide bonds. The molecule has 4 aromatic carbocycles. The highest BCUT2D eigenvalue weighted by Crippen LogP contribution is 2.44. The van der Waals surface area contributed by atoms with Crippen LogP contribution in [0, 0.1) is 21.4 Å². The number of pyridine rings is 1. The summed E-state index contributed by atoms with van der Waals surface area (Å²) in [7, 11) is -4.62. The molecular formula is C67H78ClN11O10S. The number of amides is 4. The maximum atomic E-state index is 14.2. The van der Waals surface area contributed by atoms with E-state index in [1.807, 2.05) is 24.3 Å². The van der Waals surface area contributed by atoms with Gasteiger partial charge in [-0.25, -0.2) is 18.1 Å². The Kier molecular flexibility index (Phi) is 18.6. The van der Waals surface area contributed by atoms with E-state index in [-0.39, 0.29) is 53.1 Å². The molecule has 0 bridgehead atoms. The van der Waals surface area contributed by atoms with Crippen LogP contribution >= 0.6 is 11.6 Å². The highest BCUT2D eigenvalue weighted by Gasteiger charge is 2.41. The summed E-state index contributed by atoms with van der Waals surface area (Å²) >= 11 is 6.28. The van der Waals surface area contributed by atoms with Gasteiger partial charge in [-0.3, -0.25) is 44.4 Å². The molecule has 6 aliphatic rings. The van der Waals surface area contributed by atoms with Gasteiger partial charge in [-0.05, 0) is 154 Å². The lowest BCUT2D eigenvalue weighted by molar-refractivity contribution is -0.384. The predicted octanol–water partition coefficient (Wildman–Crippen LogP) is 10.0. The Hall–Kier alpha value is -7.89. The van der Waals surface area contributed by atoms with Gasteiger partial charge in [0.2, 0.25) is 11.8 Å². The number of fused-ring (bicyclic) bond motifs is 2. The van der Waals surface area contributed by atoms with Crippen molar-refractivity contribution in [3.63, 3.8) is 0 Å². The van der Waals surface area contributed by atoms with Crippen molar-refractivity contribution in [2.75, 3.05) is 88.8 Å². The Morgan fingerprint density at radius 3 is 2.40 bits per heavy atom. The van der Waals surface area contributed by atoms with Gasteiger partial charge in [-0.2, -0.15) is 0 Å². The lowest BCUT2D eigenvalue weighted by Gasteiger charge is -2.42. The maximum Gasteiger partial charge on any atom is 0.293 e. The number of H-pyrrole nitrogens is 1. The molecule has 1 unspecified atom stereocenters. The van der Waals surface area contributed by atoms with Crippen molar-refractivity contribution >= 4 is 78.9 Å². The number of allylic oxidation sites excluding steroid dienone is 1. The van der Waals surface area contributed by atoms with E-state index in [2.05, 4.69) is 70.9 Å². The fourth-order valence-electron chi connectivity index (χ4n) is 13.8. The van der Waals surface area contributed by atoms with E-state index in [0.29, 0.717) is 61.4 Å². The van der Waals surface area contributed by atoms with Gasteiger partial charge in [0.25, 0.3) is 27.5 Å². The van der Waals surface area contributed by atoms with Gasteiger partial charge in [0.05, 0.1) is 34.7 Å². The summed E-state index contributed by atoms with van der Waals surface area (Å²) in [5, 5.41) is 19.7. The van der Waals surface area contributed by atoms with Gasteiger partial charge >= 0.3 is 0 Å². The third-order valence-corrected chi connectivity index (χ3v) is 20.6. The number of unbranched alkanes of at least 4 members (excludes halogenated alkanes) is 1. The molecule has 4 N–H and O–H groups in total. The number of benzene rings is 4. The van der Waals surface area contributed by atoms with Gasteiger partial charge in [-0.1, -0.05) is 49.2 Å². The van der Waals surface area contributed by atoms with E-state index in [1.165, 1.54) is 35.0 Å². The molecule has 23 heteroatoms. The minimum absolute atomic E-state index is 0.0465. The van der Waals surface area contributed by atoms with Gasteiger partial charge < -0.3 is 34.5 Å². The van der Waals surface area contributed by atoms with Crippen molar-refractivity contribution in [1.82, 2.24) is 39.6 Å². The van der Waals surface area contributed by atoms with Crippen molar-refractivity contribution in [1.29, 1.82) is 0 Å². The van der Waals surface area contributed by atoms with Crippen molar-refractivity contribution in [3.05, 3.63) is 146 Å². The van der Waals surface area contributed by atoms with Crippen LogP contribution in [0.3, 0.4) is 0 Å². The molecule has 21 nitrogen and oxygen atoms in total. The Bertz CT molecular complexity index is 3830. The molecule has 0 radical (unpaired) electrons. The smallest absolute Gasteiger partial charge is 0.293 e. The van der Waals surface area contributed by atoms with Crippen LogP contribution in [0.1, 0.15) is 116 Å². The standard InChI is InChI=1S/C67H78ClN11O10S/c1-67(2)24-22-47(55(39-67)45-10-12-48(68)13-11-45)42-75-29-33-77(34-30-75)50-16-18-54(61(37-50)89-51-36-46-23-25-69-63(46)71-41-51)64(81)73-90(86,87)52-17-19-57(59(38-52)79(84)85)70-40-44-8-14-49(15-9-44)76-31-27-74(28-32-76)26-3-4-35-88-60-7-5-6-53-56(60)43-78(66(53)83)58-20-21-62(80)72-65(58)82/h5-7,10-13,16-19,23,25,36-38,41,44,49,58,70H,3-4,8-9,14-15,20-22,24,26-35,39-40,42-43H2,1-2H3,(H,69,71)(H,73,81)(H,72,80,82). The van der Waals surface area contributed by atoms with Gasteiger partial charge in [-0.15, -0.1) is 0 Å². The van der Waals surface area contributed by atoms with Crippen LogP contribution < -0.4 is 29.7 Å². The minimum Gasteiger partial charge on any atom is -0.493 e. The second-order valence-corrected chi connectivity index (χ2v) is 27.7. The number of hydrogen-bond acceptors (Lipinski definition) is 16. The topological polar surface area (TPSA) is 245 Å². The zero-order valence-electron chi connectivity index (χ0n) is 51.0. The van der Waals surface area contributed by atoms with E-state index in [0.717, 1.165) is 138 Å². The predicted molar refractivity (Wildman–Crippen MR) is 344 cm³/mol. The first-order valence-corrected chi connectivity index (χ1v) is 33.4. The molecule has 4 aliphatic heterocycles. The molecule has 6 heterocycles. The number of piperazine rings is 2. The molecule has 2 aliphatic carbocycles. The summed E-state index contributed by atoms with van der Waals surface area (Å²) in [5.41, 5.74) is 6.80. The summed E-state index contributed by atoms with van der Waals surface area (Å²) in [6.45, 7) is 14.7. The normalized spacial score (nSPS) is 21.1. The van der Waals surface area contributed by atoms with Crippen LogP contribution in [0.25, 0.3) is 16.6 Å². The number of ether oxygens (including phenoxy) is 2. The summed E-state index contributed by atoms with van der Waals surface area (Å²) in [6.07, 6.45) is 12.7. The number of aromatic amines is 1. The average Bonchev–Trinajstić information content (AvgIpc) is 1.60. The number of carbonyl (C=O) groups is 4. The van der Waals surface area contributed by atoms with E-state index in [4.69, 9.17) is 21.1 Å². The van der Waals surface area contributed by atoms with E-state index < -0.39 is 43.4 Å². The van der Waals surface area contributed by atoms with Crippen molar-refractivity contribution in [2.24, 2.45) is 11.3 Å². The lowest BCUT2D eigenvalue weighted by atomic mass is 9.72. The Balaban J connectivity index is 0.612. The highest BCUT2D eigenvalue weighted by molar-refractivity contribution is 7.90. The third kappa shape index (κ3) is 14.3. The SMILES string of the molecule is CC1(C)CCC(CN2CCN(c3ccc(C(=O)NS(=O)(=O)c4ccc(NCC5CCC(N6CCN(CCCCOc7cccc8c7CN(C7CCC(=O)NC7=O)C8=O)CC6)CC5)c([N+](=O)[O-])c4)c(Oc4cnc5[nH]ccc5c4)c3)CC2)=C(c2ccc(Cl)cc2)C1. The fraction of sp³-hybridized carbons (Fsp3) is 0.448. The Morgan fingerprint density at radius 2 is 1.63 bits per heavy atom. The third-order valence-electron chi connectivity index (χ3n) is 19.0. The van der Waals surface area contributed by atoms with Crippen molar-refractivity contribution in [3.8, 4) is 17.2 Å². The lowest BCUT2D eigenvalue weighted by Crippen LogP contribution is -2.52. The van der Waals surface area contributed by atoms with Gasteiger partial charge in [0.1, 0.15) is 34.6 Å². The van der Waals surface area contributed by atoms with Crippen LogP contribution in [0.2, 0.25) is 5.02 Å². The summed E-state index contributed by atoms with van der Waals surface area (Å²) < 4.78 is 42.8. The van der Waals surface area contributed by atoms with E-state index >= 15 is 0 Å². The number of piperidine rings is 1. The Labute approximate surface area is 529 Å². The molecular weight excluding hydrogens is 1190 g/mol. The molecule has 3 saturated heterocycles. The second kappa shape index (κ2) is 26.9. The first-order chi connectivity index (χ1) is 43.4. The number of nitrogens with zero attached hydrogens (tertiary/aromatic N) is 7. The van der Waals surface area contributed by atoms with Crippen LogP contribution in [0.4, 0.5) is 17.1 Å². The van der Waals surface area contributed by atoms with E-state index in [9.17, 15) is 37.7 Å². The number of nitro benzene ring substituents is 1. The first kappa shape index (κ1) is 62.3. The largest absolute Gasteiger partial charge is 0.493 e. The van der Waals surface area contributed by atoms with Crippen LogP contribution in [0.5, 0.6) is 17.2 Å².